The molecule has 0 amide bonds. The Morgan fingerprint density at radius 3 is 2.71 bits per heavy atom. The third kappa shape index (κ3) is 5.65. The predicted molar refractivity (Wildman–Crippen MR) is 155 cm³/mol. The van der Waals surface area contributed by atoms with Gasteiger partial charge in [-0.2, -0.15) is 0 Å². The minimum atomic E-state index is -0.976. The lowest BCUT2D eigenvalue weighted by atomic mass is 9.86. The quantitative estimate of drug-likeness (QED) is 0.325. The molecule has 2 unspecified atom stereocenters. The lowest BCUT2D eigenvalue weighted by Gasteiger charge is -2.33. The fourth-order valence-electron chi connectivity index (χ4n) is 6.45. The number of likely N-dealkylation sites (tertiary alicyclic amines) is 1. The summed E-state index contributed by atoms with van der Waals surface area (Å²) in [6.07, 6.45) is 6.50. The van der Waals surface area contributed by atoms with E-state index in [4.69, 9.17) is 31.2 Å². The van der Waals surface area contributed by atoms with Crippen LogP contribution in [0.3, 0.4) is 0 Å². The van der Waals surface area contributed by atoms with Crippen LogP contribution in [0.4, 0.5) is 4.39 Å². The summed E-state index contributed by atoms with van der Waals surface area (Å²) in [6, 6.07) is 11.1. The van der Waals surface area contributed by atoms with Gasteiger partial charge in [-0.15, -0.1) is 0 Å². The summed E-state index contributed by atoms with van der Waals surface area (Å²) in [5, 5.41) is 9.54. The summed E-state index contributed by atoms with van der Waals surface area (Å²) in [4.78, 5) is 18.4. The Hall–Kier alpha value is -3.20. The first-order chi connectivity index (χ1) is 19.7. The molecule has 2 saturated heterocycles. The Kier molecular flexibility index (Phi) is 7.66. The second kappa shape index (κ2) is 11.2. The highest BCUT2D eigenvalue weighted by molar-refractivity contribution is 6.30. The Labute approximate surface area is 244 Å². The molecule has 0 bridgehead atoms. The van der Waals surface area contributed by atoms with E-state index < -0.39 is 11.6 Å². The maximum atomic E-state index is 14.9. The van der Waals surface area contributed by atoms with Gasteiger partial charge < -0.3 is 19.1 Å². The van der Waals surface area contributed by atoms with Crippen molar-refractivity contribution in [2.45, 2.75) is 70.2 Å². The number of para-hydroxylation sites is 1. The number of carboxylic acids is 1. The zero-order valence-corrected chi connectivity index (χ0v) is 24.2. The number of hydrogen-bond donors (Lipinski definition) is 1. The van der Waals surface area contributed by atoms with Crippen LogP contribution in [-0.4, -0.2) is 51.3 Å². The number of piperidine rings is 1. The maximum Gasteiger partial charge on any atom is 0.328 e. The summed E-state index contributed by atoms with van der Waals surface area (Å²) in [5.74, 6) is 0.852. The number of carbonyl (C=O) groups is 1. The van der Waals surface area contributed by atoms with Gasteiger partial charge in [0.2, 0.25) is 0 Å². The number of benzene rings is 2. The highest BCUT2D eigenvalue weighted by Crippen LogP contribution is 2.47. The van der Waals surface area contributed by atoms with Gasteiger partial charge in [0, 0.05) is 29.7 Å². The van der Waals surface area contributed by atoms with Crippen LogP contribution >= 0.6 is 11.6 Å². The molecular formula is C32H35ClFN3O4. The van der Waals surface area contributed by atoms with Crippen LogP contribution in [-0.2, 0) is 34.6 Å². The van der Waals surface area contributed by atoms with Crippen LogP contribution in [0.5, 0.6) is 5.75 Å². The van der Waals surface area contributed by atoms with Crippen LogP contribution in [0.15, 0.2) is 42.5 Å². The highest BCUT2D eigenvalue weighted by atomic mass is 35.5. The molecule has 2 aromatic carbocycles. The summed E-state index contributed by atoms with van der Waals surface area (Å²) in [7, 11) is 0. The van der Waals surface area contributed by atoms with Gasteiger partial charge in [-0.25, -0.2) is 14.2 Å². The van der Waals surface area contributed by atoms with E-state index in [2.05, 4.69) is 27.7 Å². The fourth-order valence-corrected chi connectivity index (χ4v) is 6.61. The Morgan fingerprint density at radius 2 is 2.02 bits per heavy atom. The summed E-state index contributed by atoms with van der Waals surface area (Å²) in [6.45, 7) is 7.82. The van der Waals surface area contributed by atoms with Crippen LogP contribution in [0.2, 0.25) is 5.02 Å². The first-order valence-electron chi connectivity index (χ1n) is 14.3. The minimum Gasteiger partial charge on any atom is -0.482 e. The van der Waals surface area contributed by atoms with E-state index in [0.29, 0.717) is 36.0 Å². The van der Waals surface area contributed by atoms with Gasteiger partial charge in [0.25, 0.3) is 0 Å². The Bertz CT molecular complexity index is 1490. The zero-order valence-electron chi connectivity index (χ0n) is 23.4. The molecule has 9 heteroatoms. The van der Waals surface area contributed by atoms with Gasteiger partial charge >= 0.3 is 5.97 Å². The second-order valence-corrected chi connectivity index (χ2v) is 12.0. The number of fused-ring (bicyclic) bond motifs is 1. The highest BCUT2D eigenvalue weighted by Gasteiger charge is 2.40. The third-order valence-electron chi connectivity index (χ3n) is 8.71. The number of halogens is 2. The largest absolute Gasteiger partial charge is 0.482 e. The summed E-state index contributed by atoms with van der Waals surface area (Å²) < 4.78 is 29.2. The maximum absolute atomic E-state index is 14.9. The van der Waals surface area contributed by atoms with Crippen LogP contribution in [0.25, 0.3) is 6.08 Å². The molecule has 41 heavy (non-hydrogen) atoms. The van der Waals surface area contributed by atoms with Crippen molar-refractivity contribution in [1.82, 2.24) is 14.5 Å². The third-order valence-corrected chi connectivity index (χ3v) is 8.94. The fraction of sp³-hybridized carbons (Fsp3) is 0.438. The lowest BCUT2D eigenvalue weighted by molar-refractivity contribution is -0.131. The van der Waals surface area contributed by atoms with E-state index in [1.807, 2.05) is 13.8 Å². The molecule has 2 atom stereocenters. The van der Waals surface area contributed by atoms with Crippen molar-refractivity contribution >= 4 is 23.6 Å². The number of aryl methyl sites for hydroxylation is 1. The van der Waals surface area contributed by atoms with Crippen LogP contribution in [0, 0.1) is 12.7 Å². The van der Waals surface area contributed by atoms with Crippen molar-refractivity contribution in [2.75, 3.05) is 19.7 Å². The van der Waals surface area contributed by atoms with Gasteiger partial charge in [-0.1, -0.05) is 35.9 Å². The van der Waals surface area contributed by atoms with E-state index >= 15 is 0 Å². The van der Waals surface area contributed by atoms with E-state index in [1.165, 1.54) is 17.7 Å². The first kappa shape index (κ1) is 27.9. The number of aromatic nitrogens is 2. The molecule has 0 saturated carbocycles. The van der Waals surface area contributed by atoms with Gasteiger partial charge in [0.1, 0.15) is 23.0 Å². The van der Waals surface area contributed by atoms with Crippen LogP contribution in [0.1, 0.15) is 66.0 Å². The molecule has 3 aliphatic heterocycles. The number of ether oxygens (including phenoxy) is 2. The van der Waals surface area contributed by atoms with E-state index in [1.54, 1.807) is 18.2 Å². The predicted octanol–water partition coefficient (Wildman–Crippen LogP) is 6.10. The van der Waals surface area contributed by atoms with Crippen LogP contribution < -0.4 is 4.74 Å². The number of rotatable bonds is 8. The van der Waals surface area contributed by atoms with Gasteiger partial charge in [-0.3, -0.25) is 4.90 Å². The number of aliphatic carboxylic acids is 1. The SMILES string of the molecule is Cc1nc(CN2CCC(c3cccc4c3OC(C)(c3ccc(Cl)cc3F)C4)CC2)n(CC2CCO2)c1C=CC(=O)O. The summed E-state index contributed by atoms with van der Waals surface area (Å²) >= 11 is 6.00. The molecule has 4 heterocycles. The zero-order chi connectivity index (χ0) is 28.7. The molecule has 216 valence electrons. The summed E-state index contributed by atoms with van der Waals surface area (Å²) in [5.41, 5.74) is 3.70. The smallest absolute Gasteiger partial charge is 0.328 e. The molecule has 3 aliphatic rings. The molecular weight excluding hydrogens is 545 g/mol. The molecule has 1 aromatic heterocycles. The van der Waals surface area contributed by atoms with Gasteiger partial charge in [0.15, 0.2) is 0 Å². The number of carboxylic acid groups (broad SMARTS) is 1. The van der Waals surface area contributed by atoms with Crippen molar-refractivity contribution in [3.8, 4) is 5.75 Å². The van der Waals surface area contributed by atoms with Crippen molar-refractivity contribution in [3.05, 3.63) is 87.2 Å². The number of nitrogens with zero attached hydrogens (tertiary/aromatic N) is 3. The molecule has 3 aromatic rings. The monoisotopic (exact) mass is 579 g/mol. The molecule has 6 rings (SSSR count). The van der Waals surface area contributed by atoms with Crippen molar-refractivity contribution in [3.63, 3.8) is 0 Å². The van der Waals surface area contributed by atoms with Gasteiger partial charge in [-0.05, 0) is 81.5 Å². The molecule has 2 fully saturated rings. The molecule has 0 radical (unpaired) electrons. The standard InChI is InChI=1S/C32H35ClFN3O4/c1-20-28(8-9-30(38)39)37(18-24-12-15-40-24)29(35-20)19-36-13-10-21(11-14-36)25-5-3-4-22-17-32(2,41-31(22)25)26-7-6-23(33)16-27(26)34/h3-9,16,21,24H,10-15,17-19H2,1-2H3,(H,38,39). The van der Waals surface area contributed by atoms with Crippen molar-refractivity contribution in [2.24, 2.45) is 0 Å². The number of imidazole rings is 1. The van der Waals surface area contributed by atoms with Crippen molar-refractivity contribution in [1.29, 1.82) is 0 Å². The molecule has 0 aliphatic carbocycles. The molecule has 0 spiro atoms. The van der Waals surface area contributed by atoms with E-state index in [0.717, 1.165) is 67.5 Å². The second-order valence-electron chi connectivity index (χ2n) is 11.6. The Balaban J connectivity index is 1.16. The minimum absolute atomic E-state index is 0.136. The molecule has 1 N–H and O–H groups in total. The average Bonchev–Trinajstić information content (AvgIpc) is 3.40. The van der Waals surface area contributed by atoms with Gasteiger partial charge in [0.05, 0.1) is 30.6 Å². The molecule has 7 nitrogen and oxygen atoms in total. The normalized spacial score (nSPS) is 23.0. The van der Waals surface area contributed by atoms with E-state index in [-0.39, 0.29) is 11.9 Å². The van der Waals surface area contributed by atoms with Crippen molar-refractivity contribution < 1.29 is 23.8 Å². The lowest BCUT2D eigenvalue weighted by Crippen LogP contribution is -2.35. The first-order valence-corrected chi connectivity index (χ1v) is 14.7. The average molecular weight is 580 g/mol. The topological polar surface area (TPSA) is 76.8 Å². The number of hydrogen-bond acceptors (Lipinski definition) is 5. The van der Waals surface area contributed by atoms with E-state index in [9.17, 15) is 9.18 Å². The Morgan fingerprint density at radius 1 is 1.24 bits per heavy atom.